The highest BCUT2D eigenvalue weighted by molar-refractivity contribution is 7.80. The van der Waals surface area contributed by atoms with E-state index in [0.717, 1.165) is 24.3 Å². The van der Waals surface area contributed by atoms with Crippen LogP contribution in [0.4, 0.5) is 0 Å². The number of thiocarbonyl (C=S) groups is 1. The highest BCUT2D eigenvalue weighted by atomic mass is 32.1. The molecule has 1 aliphatic carbocycles. The molecule has 4 nitrogen and oxygen atoms in total. The smallest absolute Gasteiger partial charge is 0.187 e. The van der Waals surface area contributed by atoms with Gasteiger partial charge < -0.3 is 10.1 Å². The van der Waals surface area contributed by atoms with Gasteiger partial charge >= 0.3 is 0 Å². The lowest BCUT2D eigenvalue weighted by atomic mass is 9.96. The number of nitrogens with one attached hydrogen (secondary N) is 2. The normalized spacial score (nSPS) is 15.2. The molecule has 0 saturated heterocycles. The lowest BCUT2D eigenvalue weighted by Crippen LogP contribution is -2.40. The molecule has 0 atom stereocenters. The first-order valence-corrected chi connectivity index (χ1v) is 10.0. The molecule has 0 bridgehead atoms. The number of rotatable bonds is 9. The summed E-state index contributed by atoms with van der Waals surface area (Å²) in [5.41, 5.74) is 3.93. The van der Waals surface area contributed by atoms with Gasteiger partial charge in [0.05, 0.1) is 12.8 Å². The molecule has 1 fully saturated rings. The first kappa shape index (κ1) is 19.7. The molecule has 2 N–H and O–H groups in total. The molecule has 1 saturated carbocycles. The molecule has 0 radical (unpaired) electrons. The molecule has 0 spiro atoms. The van der Waals surface area contributed by atoms with Crippen LogP contribution in [-0.4, -0.2) is 24.0 Å². The lowest BCUT2D eigenvalue weighted by molar-refractivity contribution is 0.305. The number of benzene rings is 1. The zero-order valence-corrected chi connectivity index (χ0v) is 16.1. The van der Waals surface area contributed by atoms with Crippen LogP contribution in [0.2, 0.25) is 0 Å². The van der Waals surface area contributed by atoms with Crippen molar-refractivity contribution in [2.75, 3.05) is 6.61 Å². The van der Waals surface area contributed by atoms with Crippen LogP contribution in [-0.2, 0) is 0 Å². The predicted octanol–water partition coefficient (Wildman–Crippen LogP) is 4.78. The van der Waals surface area contributed by atoms with Crippen molar-refractivity contribution in [1.29, 1.82) is 0 Å². The van der Waals surface area contributed by atoms with Crippen LogP contribution in [0.15, 0.2) is 29.4 Å². The maximum atomic E-state index is 5.74. The largest absolute Gasteiger partial charge is 0.494 e. The Morgan fingerprint density at radius 1 is 1.16 bits per heavy atom. The summed E-state index contributed by atoms with van der Waals surface area (Å²) < 4.78 is 5.74. The first-order valence-electron chi connectivity index (χ1n) is 9.60. The number of nitrogens with zero attached hydrogens (tertiary/aromatic N) is 1. The molecule has 0 heterocycles. The van der Waals surface area contributed by atoms with Crippen molar-refractivity contribution in [2.45, 2.75) is 70.8 Å². The van der Waals surface area contributed by atoms with E-state index in [1.807, 2.05) is 24.3 Å². The van der Waals surface area contributed by atoms with Gasteiger partial charge in [0.25, 0.3) is 0 Å². The molecule has 0 amide bonds. The Kier molecular flexibility index (Phi) is 9.34. The van der Waals surface area contributed by atoms with Crippen molar-refractivity contribution in [3.63, 3.8) is 0 Å². The summed E-state index contributed by atoms with van der Waals surface area (Å²) in [4.78, 5) is 0. The number of ether oxygens (including phenoxy) is 1. The quantitative estimate of drug-likeness (QED) is 0.288. The molecular weight excluding hydrogens is 330 g/mol. The Morgan fingerprint density at radius 2 is 1.92 bits per heavy atom. The number of hydrogen-bond acceptors (Lipinski definition) is 3. The van der Waals surface area contributed by atoms with Crippen LogP contribution in [0.3, 0.4) is 0 Å². The summed E-state index contributed by atoms with van der Waals surface area (Å²) >= 11 is 5.29. The minimum atomic E-state index is 0.498. The monoisotopic (exact) mass is 361 g/mol. The molecule has 1 aliphatic rings. The van der Waals surface area contributed by atoms with Crippen LogP contribution in [0.25, 0.3) is 0 Å². The first-order chi connectivity index (χ1) is 12.3. The van der Waals surface area contributed by atoms with E-state index in [-0.39, 0.29) is 0 Å². The van der Waals surface area contributed by atoms with Crippen LogP contribution in [0, 0.1) is 0 Å². The van der Waals surface area contributed by atoms with E-state index in [4.69, 9.17) is 17.0 Å². The van der Waals surface area contributed by atoms with E-state index in [1.165, 1.54) is 51.4 Å². The summed E-state index contributed by atoms with van der Waals surface area (Å²) in [6, 6.07) is 8.48. The number of unbranched alkanes of at least 4 members (excludes halogenated alkanes) is 3. The SMILES string of the molecule is CCCCCCOc1ccc(C=NNC(=S)NC2CCCCC2)cc1. The second-order valence-electron chi connectivity index (χ2n) is 6.66. The molecule has 0 aromatic heterocycles. The molecule has 2 rings (SSSR count). The third kappa shape index (κ3) is 8.34. The van der Waals surface area contributed by atoms with E-state index < -0.39 is 0 Å². The number of hydrazone groups is 1. The van der Waals surface area contributed by atoms with Crippen LogP contribution < -0.4 is 15.5 Å². The summed E-state index contributed by atoms with van der Waals surface area (Å²) in [6.07, 6.45) is 13.0. The number of hydrogen-bond donors (Lipinski definition) is 2. The van der Waals surface area contributed by atoms with E-state index in [2.05, 4.69) is 22.8 Å². The van der Waals surface area contributed by atoms with E-state index in [1.54, 1.807) is 6.21 Å². The molecule has 25 heavy (non-hydrogen) atoms. The van der Waals surface area contributed by atoms with Crippen molar-refractivity contribution in [3.8, 4) is 5.75 Å². The molecule has 1 aromatic rings. The average molecular weight is 362 g/mol. The van der Waals surface area contributed by atoms with Gasteiger partial charge in [0.15, 0.2) is 5.11 Å². The highest BCUT2D eigenvalue weighted by Crippen LogP contribution is 2.17. The molecule has 1 aromatic carbocycles. The van der Waals surface area contributed by atoms with E-state index in [0.29, 0.717) is 11.2 Å². The van der Waals surface area contributed by atoms with Gasteiger partial charge in [-0.05, 0) is 61.3 Å². The van der Waals surface area contributed by atoms with Crippen LogP contribution >= 0.6 is 12.2 Å². The summed E-state index contributed by atoms with van der Waals surface area (Å²) in [7, 11) is 0. The van der Waals surface area contributed by atoms with Gasteiger partial charge in [-0.1, -0.05) is 45.4 Å². The molecule has 5 heteroatoms. The van der Waals surface area contributed by atoms with Gasteiger partial charge in [0.2, 0.25) is 0 Å². The highest BCUT2D eigenvalue weighted by Gasteiger charge is 2.13. The van der Waals surface area contributed by atoms with Crippen LogP contribution in [0.5, 0.6) is 5.75 Å². The van der Waals surface area contributed by atoms with Gasteiger partial charge in [-0.15, -0.1) is 0 Å². The van der Waals surface area contributed by atoms with Gasteiger partial charge in [0, 0.05) is 6.04 Å². The van der Waals surface area contributed by atoms with E-state index >= 15 is 0 Å². The Labute approximate surface area is 157 Å². The van der Waals surface area contributed by atoms with Gasteiger partial charge in [-0.3, -0.25) is 5.43 Å². The maximum absolute atomic E-state index is 5.74. The fourth-order valence-electron chi connectivity index (χ4n) is 3.00. The molecule has 0 aliphatic heterocycles. The fraction of sp³-hybridized carbons (Fsp3) is 0.600. The zero-order valence-electron chi connectivity index (χ0n) is 15.3. The van der Waals surface area contributed by atoms with E-state index in [9.17, 15) is 0 Å². The Balaban J connectivity index is 1.65. The van der Waals surface area contributed by atoms with Gasteiger partial charge in [-0.2, -0.15) is 5.10 Å². The fourth-order valence-corrected chi connectivity index (χ4v) is 3.22. The Morgan fingerprint density at radius 3 is 2.64 bits per heavy atom. The second kappa shape index (κ2) is 11.9. The summed E-state index contributed by atoms with van der Waals surface area (Å²) in [5.74, 6) is 0.913. The van der Waals surface area contributed by atoms with Gasteiger partial charge in [0.1, 0.15) is 5.75 Å². The maximum Gasteiger partial charge on any atom is 0.187 e. The average Bonchev–Trinajstić information content (AvgIpc) is 2.63. The molecular formula is C20H31N3OS. The van der Waals surface area contributed by atoms with Crippen molar-refractivity contribution in [2.24, 2.45) is 5.10 Å². The van der Waals surface area contributed by atoms with Crippen LogP contribution in [0.1, 0.15) is 70.3 Å². The van der Waals surface area contributed by atoms with Crippen molar-refractivity contribution < 1.29 is 4.74 Å². The standard InChI is InChI=1S/C20H31N3OS/c1-2-3-4-8-15-24-19-13-11-17(12-14-19)16-21-23-20(25)22-18-9-6-5-7-10-18/h11-14,16,18H,2-10,15H2,1H3,(H2,22,23,25). The summed E-state index contributed by atoms with van der Waals surface area (Å²) in [5, 5.41) is 8.16. The summed E-state index contributed by atoms with van der Waals surface area (Å²) in [6.45, 7) is 3.00. The second-order valence-corrected chi connectivity index (χ2v) is 7.06. The van der Waals surface area contributed by atoms with Crippen molar-refractivity contribution in [3.05, 3.63) is 29.8 Å². The minimum absolute atomic E-state index is 0.498. The van der Waals surface area contributed by atoms with Crippen molar-refractivity contribution >= 4 is 23.5 Å². The third-order valence-corrected chi connectivity index (χ3v) is 4.68. The Bertz CT molecular complexity index is 524. The minimum Gasteiger partial charge on any atom is -0.494 e. The lowest BCUT2D eigenvalue weighted by Gasteiger charge is -2.23. The van der Waals surface area contributed by atoms with Gasteiger partial charge in [-0.25, -0.2) is 0 Å². The predicted molar refractivity (Wildman–Crippen MR) is 109 cm³/mol. The zero-order chi connectivity index (χ0) is 17.7. The third-order valence-electron chi connectivity index (χ3n) is 4.47. The topological polar surface area (TPSA) is 45.6 Å². The van der Waals surface area contributed by atoms with Crippen molar-refractivity contribution in [1.82, 2.24) is 10.7 Å². The molecule has 0 unspecified atom stereocenters. The molecule has 138 valence electrons. The Hall–Kier alpha value is -1.62.